The van der Waals surface area contributed by atoms with Gasteiger partial charge >= 0.3 is 0 Å². The van der Waals surface area contributed by atoms with Gasteiger partial charge < -0.3 is 18.9 Å². The van der Waals surface area contributed by atoms with Gasteiger partial charge in [0.1, 0.15) is 0 Å². The van der Waals surface area contributed by atoms with Crippen LogP contribution in [0.3, 0.4) is 0 Å². The highest BCUT2D eigenvalue weighted by Crippen LogP contribution is 2.34. The second kappa shape index (κ2) is 8.25. The largest absolute Gasteiger partial charge is 0.493 e. The summed E-state index contributed by atoms with van der Waals surface area (Å²) in [4.78, 5) is 22.8. The number of carbonyl (C=O) groups is 1. The Kier molecular flexibility index (Phi) is 5.58. The molecule has 0 saturated heterocycles. The van der Waals surface area contributed by atoms with Crippen molar-refractivity contribution < 1.29 is 28.7 Å². The topological polar surface area (TPSA) is 122 Å². The molecule has 1 N–H and O–H groups in total. The van der Waals surface area contributed by atoms with Gasteiger partial charge in [-0.2, -0.15) is 5.10 Å². The van der Waals surface area contributed by atoms with Crippen molar-refractivity contribution in [2.24, 2.45) is 5.10 Å². The van der Waals surface area contributed by atoms with Crippen LogP contribution in [0.4, 0.5) is 5.69 Å². The monoisotopic (exact) mass is 387 g/mol. The Morgan fingerprint density at radius 3 is 2.64 bits per heavy atom. The van der Waals surface area contributed by atoms with Crippen LogP contribution in [-0.4, -0.2) is 38.1 Å². The molecule has 0 fully saturated rings. The number of methoxy groups -OCH3 is 2. The minimum Gasteiger partial charge on any atom is -0.493 e. The van der Waals surface area contributed by atoms with Gasteiger partial charge in [-0.05, 0) is 23.8 Å². The summed E-state index contributed by atoms with van der Waals surface area (Å²) in [5.41, 5.74) is 2.99. The molecule has 0 radical (unpaired) electrons. The van der Waals surface area contributed by atoms with Crippen LogP contribution in [0.15, 0.2) is 35.4 Å². The first-order valence-corrected chi connectivity index (χ1v) is 8.12. The number of hydrogen-bond acceptors (Lipinski definition) is 8. The lowest BCUT2D eigenvalue weighted by atomic mass is 10.1. The zero-order chi connectivity index (χ0) is 20.1. The van der Waals surface area contributed by atoms with Crippen LogP contribution in [0, 0.1) is 10.1 Å². The second-order valence-electron chi connectivity index (χ2n) is 5.68. The van der Waals surface area contributed by atoms with Gasteiger partial charge in [0.15, 0.2) is 23.0 Å². The average molecular weight is 387 g/mol. The lowest BCUT2D eigenvalue weighted by Gasteiger charge is -2.08. The van der Waals surface area contributed by atoms with E-state index in [2.05, 4.69) is 10.5 Å². The van der Waals surface area contributed by atoms with Crippen LogP contribution in [0.2, 0.25) is 0 Å². The predicted molar refractivity (Wildman–Crippen MR) is 98.2 cm³/mol. The molecule has 0 unspecified atom stereocenters. The summed E-state index contributed by atoms with van der Waals surface area (Å²) < 4.78 is 20.7. The molecule has 1 aliphatic rings. The number of nitro benzene ring substituents is 1. The van der Waals surface area contributed by atoms with E-state index in [9.17, 15) is 14.9 Å². The van der Waals surface area contributed by atoms with Crippen molar-refractivity contribution >= 4 is 17.8 Å². The summed E-state index contributed by atoms with van der Waals surface area (Å²) in [6.45, 7) is 0.152. The zero-order valence-corrected chi connectivity index (χ0v) is 15.1. The van der Waals surface area contributed by atoms with Crippen LogP contribution < -0.4 is 24.4 Å². The van der Waals surface area contributed by atoms with Gasteiger partial charge in [-0.1, -0.05) is 6.07 Å². The van der Waals surface area contributed by atoms with Crippen LogP contribution >= 0.6 is 0 Å². The number of hydrazone groups is 1. The summed E-state index contributed by atoms with van der Waals surface area (Å²) in [5.74, 6) is 1.34. The number of fused-ring (bicyclic) bond motifs is 1. The summed E-state index contributed by atoms with van der Waals surface area (Å²) in [5, 5.41) is 15.1. The molecule has 1 amide bonds. The van der Waals surface area contributed by atoms with Gasteiger partial charge in [0.25, 0.3) is 5.69 Å². The number of rotatable bonds is 7. The molecule has 0 bridgehead atoms. The Balaban J connectivity index is 1.69. The number of ether oxygens (including phenoxy) is 4. The predicted octanol–water partition coefficient (Wildman–Crippen LogP) is 2.03. The molecule has 10 nitrogen and oxygen atoms in total. The number of hydrogen-bond donors (Lipinski definition) is 1. The van der Waals surface area contributed by atoms with Gasteiger partial charge in [0.2, 0.25) is 12.7 Å². The van der Waals surface area contributed by atoms with Crippen molar-refractivity contribution in [2.75, 3.05) is 21.0 Å². The highest BCUT2D eigenvalue weighted by Gasteiger charge is 2.18. The van der Waals surface area contributed by atoms with Gasteiger partial charge in [-0.3, -0.25) is 14.9 Å². The Labute approximate surface area is 159 Å². The third-order valence-corrected chi connectivity index (χ3v) is 3.92. The second-order valence-corrected chi connectivity index (χ2v) is 5.68. The summed E-state index contributed by atoms with van der Waals surface area (Å²) in [7, 11) is 2.80. The lowest BCUT2D eigenvalue weighted by molar-refractivity contribution is -0.385. The molecule has 2 aromatic carbocycles. The number of carbonyl (C=O) groups excluding carboxylic acids is 1. The molecule has 0 aliphatic carbocycles. The van der Waals surface area contributed by atoms with Crippen molar-refractivity contribution in [2.45, 2.75) is 6.42 Å². The molecule has 0 saturated carbocycles. The van der Waals surface area contributed by atoms with E-state index in [0.717, 1.165) is 0 Å². The molecule has 28 heavy (non-hydrogen) atoms. The Hall–Kier alpha value is -3.82. The van der Waals surface area contributed by atoms with Crippen molar-refractivity contribution in [1.82, 2.24) is 5.43 Å². The van der Waals surface area contributed by atoms with Crippen LogP contribution in [-0.2, 0) is 11.2 Å². The first-order chi connectivity index (χ1) is 13.5. The minimum atomic E-state index is -0.572. The quantitative estimate of drug-likeness (QED) is 0.438. The van der Waals surface area contributed by atoms with E-state index in [-0.39, 0.29) is 30.2 Å². The molecule has 10 heteroatoms. The minimum absolute atomic E-state index is 0.0575. The molecule has 146 valence electrons. The Bertz CT molecular complexity index is 943. The molecule has 3 rings (SSSR count). The number of benzene rings is 2. The molecule has 0 spiro atoms. The van der Waals surface area contributed by atoms with Crippen molar-refractivity contribution in [1.29, 1.82) is 0 Å². The van der Waals surface area contributed by atoms with E-state index in [1.807, 2.05) is 0 Å². The number of nitrogens with zero attached hydrogens (tertiary/aromatic N) is 2. The highest BCUT2D eigenvalue weighted by molar-refractivity contribution is 5.88. The third-order valence-electron chi connectivity index (χ3n) is 3.92. The number of amides is 1. The van der Waals surface area contributed by atoms with Crippen LogP contribution in [0.25, 0.3) is 0 Å². The average Bonchev–Trinajstić information content (AvgIpc) is 3.15. The fourth-order valence-corrected chi connectivity index (χ4v) is 2.60. The summed E-state index contributed by atoms with van der Waals surface area (Å²) in [6, 6.07) is 7.82. The van der Waals surface area contributed by atoms with E-state index >= 15 is 0 Å². The maximum atomic E-state index is 12.1. The molecule has 1 aliphatic heterocycles. The van der Waals surface area contributed by atoms with Crippen molar-refractivity contribution in [3.05, 3.63) is 51.6 Å². The normalized spacial score (nSPS) is 12.1. The van der Waals surface area contributed by atoms with Gasteiger partial charge in [-0.15, -0.1) is 0 Å². The van der Waals surface area contributed by atoms with Crippen LogP contribution in [0.1, 0.15) is 11.1 Å². The Morgan fingerprint density at radius 1 is 1.21 bits per heavy atom. The molecule has 0 aromatic heterocycles. The molecule has 1 heterocycles. The van der Waals surface area contributed by atoms with E-state index in [0.29, 0.717) is 22.8 Å². The third kappa shape index (κ3) is 4.11. The van der Waals surface area contributed by atoms with Gasteiger partial charge in [0.05, 0.1) is 43.4 Å². The maximum Gasteiger partial charge on any atom is 0.282 e. The first kappa shape index (κ1) is 19.0. The number of nitro groups is 1. The fourth-order valence-electron chi connectivity index (χ4n) is 2.60. The lowest BCUT2D eigenvalue weighted by Crippen LogP contribution is -2.19. The van der Waals surface area contributed by atoms with Crippen molar-refractivity contribution in [3.8, 4) is 23.0 Å². The smallest absolute Gasteiger partial charge is 0.282 e. The van der Waals surface area contributed by atoms with E-state index < -0.39 is 10.8 Å². The fraction of sp³-hybridized carbons (Fsp3) is 0.222. The summed E-state index contributed by atoms with van der Waals surface area (Å²) >= 11 is 0. The first-order valence-electron chi connectivity index (χ1n) is 8.12. The van der Waals surface area contributed by atoms with Crippen LogP contribution in [0.5, 0.6) is 23.0 Å². The summed E-state index contributed by atoms with van der Waals surface area (Å²) in [6.07, 6.45) is 1.24. The molecular weight excluding hydrogens is 370 g/mol. The SMILES string of the molecule is COc1cc(C=NNC(=O)Cc2ccc3c(c2)OCO3)c([N+](=O)[O-])cc1OC. The van der Waals surface area contributed by atoms with E-state index in [1.54, 1.807) is 18.2 Å². The number of nitrogens with one attached hydrogen (secondary N) is 1. The van der Waals surface area contributed by atoms with E-state index in [1.165, 1.54) is 32.6 Å². The van der Waals surface area contributed by atoms with Gasteiger partial charge in [0, 0.05) is 0 Å². The molecule has 0 atom stereocenters. The zero-order valence-electron chi connectivity index (χ0n) is 15.1. The van der Waals surface area contributed by atoms with E-state index in [4.69, 9.17) is 18.9 Å². The maximum absolute atomic E-state index is 12.1. The molecular formula is C18H17N3O7. The standard InChI is InChI=1S/C18H17N3O7/c1-25-15-7-12(13(21(23)24)8-16(15)26-2)9-19-20-18(22)6-11-3-4-14-17(5-11)28-10-27-14/h3-5,7-9H,6,10H2,1-2H3,(H,20,22). The van der Waals surface area contributed by atoms with Crippen molar-refractivity contribution in [3.63, 3.8) is 0 Å². The Morgan fingerprint density at radius 2 is 1.93 bits per heavy atom. The highest BCUT2D eigenvalue weighted by atomic mass is 16.7. The molecule has 2 aromatic rings. The van der Waals surface area contributed by atoms with Gasteiger partial charge in [-0.25, -0.2) is 5.43 Å².